The summed E-state index contributed by atoms with van der Waals surface area (Å²) in [4.78, 5) is 11.7. The molecule has 2 rings (SSSR count). The Morgan fingerprint density at radius 3 is 2.73 bits per heavy atom. The number of nitrogens with one attached hydrogen (secondary N) is 1. The number of carbonyl (C=O) groups is 1. The number of amides is 1. The first-order valence-electron chi connectivity index (χ1n) is 6.84. The number of aliphatic hydroxyl groups is 1. The van der Waals surface area contributed by atoms with Crippen molar-refractivity contribution in [2.45, 2.75) is 18.9 Å². The molecular formula is C16H18FNO4. The minimum atomic E-state index is -1.12. The summed E-state index contributed by atoms with van der Waals surface area (Å²) in [6.07, 6.45) is 1.82. The SMILES string of the molecule is CC(O)(CNC(=O)COc1ccc(F)cc1)Cc1ccco1. The topological polar surface area (TPSA) is 71.7 Å². The number of ether oxygens (including phenoxy) is 1. The van der Waals surface area contributed by atoms with Crippen molar-refractivity contribution in [1.82, 2.24) is 5.32 Å². The molecule has 1 unspecified atom stereocenters. The lowest BCUT2D eigenvalue weighted by Crippen LogP contribution is -2.43. The van der Waals surface area contributed by atoms with Gasteiger partial charge in [-0.15, -0.1) is 0 Å². The van der Waals surface area contributed by atoms with Crippen LogP contribution in [0.5, 0.6) is 5.75 Å². The molecular weight excluding hydrogens is 289 g/mol. The fourth-order valence-electron chi connectivity index (χ4n) is 1.87. The maximum absolute atomic E-state index is 12.7. The zero-order valence-electron chi connectivity index (χ0n) is 12.2. The molecule has 6 heteroatoms. The summed E-state index contributed by atoms with van der Waals surface area (Å²) >= 11 is 0. The number of furan rings is 1. The molecule has 0 aliphatic carbocycles. The molecule has 0 spiro atoms. The second-order valence-corrected chi connectivity index (χ2v) is 5.27. The molecule has 0 saturated heterocycles. The quantitative estimate of drug-likeness (QED) is 0.819. The van der Waals surface area contributed by atoms with E-state index in [9.17, 15) is 14.3 Å². The second-order valence-electron chi connectivity index (χ2n) is 5.27. The van der Waals surface area contributed by atoms with Gasteiger partial charge >= 0.3 is 0 Å². The summed E-state index contributed by atoms with van der Waals surface area (Å²) in [6.45, 7) is 1.47. The van der Waals surface area contributed by atoms with E-state index >= 15 is 0 Å². The van der Waals surface area contributed by atoms with E-state index in [2.05, 4.69) is 5.32 Å². The maximum Gasteiger partial charge on any atom is 0.258 e. The Labute approximate surface area is 127 Å². The van der Waals surface area contributed by atoms with Crippen molar-refractivity contribution in [3.63, 3.8) is 0 Å². The lowest BCUT2D eigenvalue weighted by molar-refractivity contribution is -0.124. The summed E-state index contributed by atoms with van der Waals surface area (Å²) in [5, 5.41) is 12.8. The normalized spacial score (nSPS) is 13.4. The molecule has 1 atom stereocenters. The van der Waals surface area contributed by atoms with Crippen molar-refractivity contribution in [2.24, 2.45) is 0 Å². The van der Waals surface area contributed by atoms with Gasteiger partial charge in [0.15, 0.2) is 6.61 Å². The molecule has 1 aromatic carbocycles. The molecule has 0 radical (unpaired) electrons. The zero-order valence-corrected chi connectivity index (χ0v) is 12.2. The number of hydrogen-bond donors (Lipinski definition) is 2. The number of carbonyl (C=O) groups excluding carboxylic acids is 1. The van der Waals surface area contributed by atoms with Gasteiger partial charge in [-0.3, -0.25) is 4.79 Å². The number of rotatable bonds is 7. The Kier molecular flexibility index (Phi) is 5.16. The van der Waals surface area contributed by atoms with Gasteiger partial charge in [0.25, 0.3) is 5.91 Å². The Balaban J connectivity index is 1.73. The highest BCUT2D eigenvalue weighted by Gasteiger charge is 2.23. The average Bonchev–Trinajstić information content (AvgIpc) is 2.97. The predicted molar refractivity (Wildman–Crippen MR) is 77.9 cm³/mol. The van der Waals surface area contributed by atoms with Crippen LogP contribution in [0.2, 0.25) is 0 Å². The Hall–Kier alpha value is -2.34. The first-order chi connectivity index (χ1) is 10.4. The standard InChI is InChI=1S/C16H18FNO4/c1-16(20,9-14-3-2-8-21-14)11-18-15(19)10-22-13-6-4-12(17)5-7-13/h2-8,20H,9-11H2,1H3,(H,18,19). The summed E-state index contributed by atoms with van der Waals surface area (Å²) in [5.74, 6) is 0.301. The van der Waals surface area contributed by atoms with Crippen LogP contribution in [-0.2, 0) is 11.2 Å². The fraction of sp³-hybridized carbons (Fsp3) is 0.312. The van der Waals surface area contributed by atoms with Crippen molar-refractivity contribution < 1.29 is 23.4 Å². The van der Waals surface area contributed by atoms with Gasteiger partial charge in [-0.05, 0) is 43.3 Å². The van der Waals surface area contributed by atoms with Crippen LogP contribution in [0.3, 0.4) is 0 Å². The number of hydrogen-bond acceptors (Lipinski definition) is 4. The van der Waals surface area contributed by atoms with Crippen LogP contribution in [0.15, 0.2) is 47.1 Å². The first kappa shape index (κ1) is 16.0. The number of halogens is 1. The Morgan fingerprint density at radius 1 is 1.36 bits per heavy atom. The second kappa shape index (κ2) is 7.09. The average molecular weight is 307 g/mol. The van der Waals surface area contributed by atoms with Crippen molar-refractivity contribution >= 4 is 5.91 Å². The van der Waals surface area contributed by atoms with Crippen molar-refractivity contribution in [3.8, 4) is 5.75 Å². The molecule has 1 amide bonds. The highest BCUT2D eigenvalue weighted by atomic mass is 19.1. The lowest BCUT2D eigenvalue weighted by atomic mass is 10.0. The molecule has 0 aliphatic rings. The minimum absolute atomic E-state index is 0.0688. The third-order valence-corrected chi connectivity index (χ3v) is 2.99. The molecule has 0 bridgehead atoms. The maximum atomic E-state index is 12.7. The van der Waals surface area contributed by atoms with Gasteiger partial charge in [0.05, 0.1) is 11.9 Å². The van der Waals surface area contributed by atoms with Gasteiger partial charge in [0.2, 0.25) is 0 Å². The third-order valence-electron chi connectivity index (χ3n) is 2.99. The molecule has 0 saturated carbocycles. The van der Waals surface area contributed by atoms with Crippen LogP contribution in [0.4, 0.5) is 4.39 Å². The fourth-order valence-corrected chi connectivity index (χ4v) is 1.87. The van der Waals surface area contributed by atoms with Gasteiger partial charge in [-0.1, -0.05) is 0 Å². The van der Waals surface area contributed by atoms with E-state index in [0.717, 1.165) is 0 Å². The molecule has 22 heavy (non-hydrogen) atoms. The molecule has 5 nitrogen and oxygen atoms in total. The van der Waals surface area contributed by atoms with Gasteiger partial charge in [-0.25, -0.2) is 4.39 Å². The summed E-state index contributed by atoms with van der Waals surface area (Å²) in [7, 11) is 0. The van der Waals surface area contributed by atoms with Crippen LogP contribution in [0.25, 0.3) is 0 Å². The largest absolute Gasteiger partial charge is 0.484 e. The van der Waals surface area contributed by atoms with E-state index in [0.29, 0.717) is 17.9 Å². The summed E-state index contributed by atoms with van der Waals surface area (Å²) in [5.41, 5.74) is -1.12. The van der Waals surface area contributed by atoms with Gasteiger partial charge < -0.3 is 19.6 Å². The summed E-state index contributed by atoms with van der Waals surface area (Å²) in [6, 6.07) is 8.88. The van der Waals surface area contributed by atoms with E-state index in [1.165, 1.54) is 30.5 Å². The van der Waals surface area contributed by atoms with Crippen LogP contribution >= 0.6 is 0 Å². The van der Waals surface area contributed by atoms with Crippen LogP contribution in [0, 0.1) is 5.82 Å². The molecule has 0 aliphatic heterocycles. The summed E-state index contributed by atoms with van der Waals surface area (Å²) < 4.78 is 23.1. The minimum Gasteiger partial charge on any atom is -0.484 e. The van der Waals surface area contributed by atoms with Gasteiger partial charge in [0, 0.05) is 13.0 Å². The van der Waals surface area contributed by atoms with E-state index in [4.69, 9.17) is 9.15 Å². The van der Waals surface area contributed by atoms with Gasteiger partial charge in [-0.2, -0.15) is 0 Å². The Bertz CT molecular complexity index is 593. The highest BCUT2D eigenvalue weighted by Crippen LogP contribution is 2.13. The van der Waals surface area contributed by atoms with Crippen molar-refractivity contribution in [3.05, 3.63) is 54.2 Å². The van der Waals surface area contributed by atoms with E-state index < -0.39 is 5.60 Å². The molecule has 1 heterocycles. The molecule has 1 aromatic heterocycles. The van der Waals surface area contributed by atoms with Gasteiger partial charge in [0.1, 0.15) is 17.3 Å². The van der Waals surface area contributed by atoms with E-state index in [1.54, 1.807) is 19.1 Å². The highest BCUT2D eigenvalue weighted by molar-refractivity contribution is 5.77. The molecule has 2 aromatic rings. The number of benzene rings is 1. The van der Waals surface area contributed by atoms with Crippen molar-refractivity contribution in [1.29, 1.82) is 0 Å². The molecule has 118 valence electrons. The smallest absolute Gasteiger partial charge is 0.258 e. The molecule has 0 fully saturated rings. The predicted octanol–water partition coefficient (Wildman–Crippen LogP) is 1.91. The van der Waals surface area contributed by atoms with Crippen molar-refractivity contribution in [2.75, 3.05) is 13.2 Å². The lowest BCUT2D eigenvalue weighted by Gasteiger charge is -2.22. The molecule has 2 N–H and O–H groups in total. The third kappa shape index (κ3) is 5.21. The van der Waals surface area contributed by atoms with E-state index in [-0.39, 0.29) is 24.9 Å². The monoisotopic (exact) mass is 307 g/mol. The van der Waals surface area contributed by atoms with Crippen LogP contribution in [-0.4, -0.2) is 29.8 Å². The Morgan fingerprint density at radius 2 is 2.09 bits per heavy atom. The zero-order chi connectivity index (χ0) is 16.0. The first-order valence-corrected chi connectivity index (χ1v) is 6.84. The van der Waals surface area contributed by atoms with E-state index in [1.807, 2.05) is 0 Å². The van der Waals surface area contributed by atoms with Crippen LogP contribution in [0.1, 0.15) is 12.7 Å². The van der Waals surface area contributed by atoms with Crippen LogP contribution < -0.4 is 10.1 Å².